The Hall–Kier alpha value is -3.76. The number of aromatic nitrogens is 2. The van der Waals surface area contributed by atoms with Gasteiger partial charge in [0.15, 0.2) is 5.69 Å². The highest BCUT2D eigenvalue weighted by Crippen LogP contribution is 2.24. The van der Waals surface area contributed by atoms with Crippen LogP contribution in [0.25, 0.3) is 5.69 Å². The molecule has 0 aliphatic carbocycles. The van der Waals surface area contributed by atoms with Gasteiger partial charge in [0.25, 0.3) is 11.6 Å². The number of para-hydroxylation sites is 1. The molecule has 11 heteroatoms. The Morgan fingerprint density at radius 1 is 1.10 bits per heavy atom. The molecule has 0 N–H and O–H groups in total. The van der Waals surface area contributed by atoms with Gasteiger partial charge in [-0.25, -0.2) is 9.07 Å². The van der Waals surface area contributed by atoms with Crippen LogP contribution in [0.2, 0.25) is 0 Å². The fourth-order valence-corrected chi connectivity index (χ4v) is 2.78. The summed E-state index contributed by atoms with van der Waals surface area (Å²) in [7, 11) is 0. The maximum Gasteiger partial charge on any atom is 0.406 e. The number of hydrogen-bond acceptors (Lipinski definition) is 4. The smallest absolute Gasteiger partial charge is 0.324 e. The Kier molecular flexibility index (Phi) is 5.81. The zero-order valence-corrected chi connectivity index (χ0v) is 15.2. The summed E-state index contributed by atoms with van der Waals surface area (Å²) < 4.78 is 53.5. The second-order valence-corrected chi connectivity index (χ2v) is 6.28. The lowest BCUT2D eigenvalue weighted by atomic mass is 10.1. The SMILES string of the molecule is O=C(c1ccn(-c2ccc(F)cc2)n1)N(Cc1ccccc1[N+](=O)[O-])CC(F)(F)F. The zero-order chi connectivity index (χ0) is 21.9. The van der Waals surface area contributed by atoms with Crippen LogP contribution in [0.4, 0.5) is 23.2 Å². The molecule has 3 rings (SSSR count). The maximum absolute atomic E-state index is 13.1. The Labute approximate surface area is 167 Å². The van der Waals surface area contributed by atoms with Crippen LogP contribution in [0, 0.1) is 15.9 Å². The molecule has 0 fully saturated rings. The number of carbonyl (C=O) groups excluding carboxylic acids is 1. The van der Waals surface area contributed by atoms with E-state index in [0.717, 1.165) is 6.07 Å². The monoisotopic (exact) mass is 422 g/mol. The van der Waals surface area contributed by atoms with Crippen LogP contribution >= 0.6 is 0 Å². The Balaban J connectivity index is 1.90. The normalized spacial score (nSPS) is 11.3. The topological polar surface area (TPSA) is 81.3 Å². The average Bonchev–Trinajstić information content (AvgIpc) is 3.17. The summed E-state index contributed by atoms with van der Waals surface area (Å²) in [6.45, 7) is -2.24. The molecule has 0 aliphatic rings. The molecule has 156 valence electrons. The van der Waals surface area contributed by atoms with Crippen molar-refractivity contribution in [1.82, 2.24) is 14.7 Å². The summed E-state index contributed by atoms with van der Waals surface area (Å²) in [6, 6.07) is 11.6. The average molecular weight is 422 g/mol. The van der Waals surface area contributed by atoms with Gasteiger partial charge in [0.1, 0.15) is 12.4 Å². The molecule has 0 saturated heterocycles. The van der Waals surface area contributed by atoms with Crippen molar-refractivity contribution >= 4 is 11.6 Å². The molecule has 0 spiro atoms. The molecule has 0 bridgehead atoms. The Morgan fingerprint density at radius 3 is 2.40 bits per heavy atom. The van der Waals surface area contributed by atoms with Crippen LogP contribution in [-0.2, 0) is 6.54 Å². The van der Waals surface area contributed by atoms with Crippen molar-refractivity contribution in [2.45, 2.75) is 12.7 Å². The lowest BCUT2D eigenvalue weighted by molar-refractivity contribution is -0.385. The second kappa shape index (κ2) is 8.31. The van der Waals surface area contributed by atoms with Gasteiger partial charge < -0.3 is 4.90 Å². The quantitative estimate of drug-likeness (QED) is 0.340. The van der Waals surface area contributed by atoms with Gasteiger partial charge in [0.2, 0.25) is 0 Å². The zero-order valence-electron chi connectivity index (χ0n) is 15.2. The molecule has 1 heterocycles. The van der Waals surface area contributed by atoms with Gasteiger partial charge >= 0.3 is 6.18 Å². The molecule has 30 heavy (non-hydrogen) atoms. The molecule has 1 amide bonds. The van der Waals surface area contributed by atoms with Crippen LogP contribution < -0.4 is 0 Å². The van der Waals surface area contributed by atoms with E-state index in [2.05, 4.69) is 5.10 Å². The second-order valence-electron chi connectivity index (χ2n) is 6.28. The number of alkyl halides is 3. The third-order valence-corrected chi connectivity index (χ3v) is 4.11. The third kappa shape index (κ3) is 4.99. The Bertz CT molecular complexity index is 1060. The van der Waals surface area contributed by atoms with E-state index in [1.165, 1.54) is 59.4 Å². The van der Waals surface area contributed by atoms with Crippen LogP contribution in [0.1, 0.15) is 16.1 Å². The highest BCUT2D eigenvalue weighted by Gasteiger charge is 2.35. The lowest BCUT2D eigenvalue weighted by Gasteiger charge is -2.23. The first-order valence-electron chi connectivity index (χ1n) is 8.54. The molecule has 0 saturated carbocycles. The van der Waals surface area contributed by atoms with Crippen molar-refractivity contribution in [1.29, 1.82) is 0 Å². The van der Waals surface area contributed by atoms with E-state index in [0.29, 0.717) is 10.6 Å². The third-order valence-electron chi connectivity index (χ3n) is 4.11. The maximum atomic E-state index is 13.1. The number of nitro groups is 1. The van der Waals surface area contributed by atoms with Gasteiger partial charge in [0.05, 0.1) is 17.2 Å². The minimum atomic E-state index is -4.72. The molecule has 0 aliphatic heterocycles. The van der Waals surface area contributed by atoms with Crippen LogP contribution in [0.5, 0.6) is 0 Å². The summed E-state index contributed by atoms with van der Waals surface area (Å²) >= 11 is 0. The molecule has 0 radical (unpaired) electrons. The van der Waals surface area contributed by atoms with E-state index in [-0.39, 0.29) is 11.3 Å². The lowest BCUT2D eigenvalue weighted by Crippen LogP contribution is -2.38. The van der Waals surface area contributed by atoms with Gasteiger partial charge in [-0.1, -0.05) is 18.2 Å². The van der Waals surface area contributed by atoms with E-state index in [1.807, 2.05) is 0 Å². The van der Waals surface area contributed by atoms with Gasteiger partial charge in [-0.3, -0.25) is 14.9 Å². The van der Waals surface area contributed by atoms with Crippen LogP contribution in [0.15, 0.2) is 60.8 Å². The number of hydrogen-bond donors (Lipinski definition) is 0. The van der Waals surface area contributed by atoms with Crippen molar-refractivity contribution in [3.8, 4) is 5.69 Å². The van der Waals surface area contributed by atoms with Crippen molar-refractivity contribution < 1.29 is 27.3 Å². The number of rotatable bonds is 6. The van der Waals surface area contributed by atoms with Crippen molar-refractivity contribution in [2.24, 2.45) is 0 Å². The fourth-order valence-electron chi connectivity index (χ4n) is 2.78. The van der Waals surface area contributed by atoms with Crippen LogP contribution in [0.3, 0.4) is 0 Å². The summed E-state index contributed by atoms with van der Waals surface area (Å²) in [5.41, 5.74) is -0.328. The highest BCUT2D eigenvalue weighted by atomic mass is 19.4. The van der Waals surface area contributed by atoms with Gasteiger partial charge in [-0.05, 0) is 30.3 Å². The first-order chi connectivity index (χ1) is 14.1. The summed E-state index contributed by atoms with van der Waals surface area (Å²) in [5.74, 6) is -1.53. The number of carbonyl (C=O) groups is 1. The number of halogens is 4. The number of amides is 1. The Morgan fingerprint density at radius 2 is 1.77 bits per heavy atom. The highest BCUT2D eigenvalue weighted by molar-refractivity contribution is 5.92. The minimum Gasteiger partial charge on any atom is -0.324 e. The summed E-state index contributed by atoms with van der Waals surface area (Å²) in [5, 5.41) is 15.1. The van der Waals surface area contributed by atoms with Gasteiger partial charge in [0, 0.05) is 17.8 Å². The van der Waals surface area contributed by atoms with Gasteiger partial charge in [-0.2, -0.15) is 18.3 Å². The van der Waals surface area contributed by atoms with Crippen LogP contribution in [-0.4, -0.2) is 38.2 Å². The van der Waals surface area contributed by atoms with Gasteiger partial charge in [-0.15, -0.1) is 0 Å². The van der Waals surface area contributed by atoms with Crippen molar-refractivity contribution in [3.05, 3.63) is 88.0 Å². The molecule has 0 atom stereocenters. The molecule has 2 aromatic carbocycles. The standard InChI is InChI=1S/C19H14F4N4O3/c20-14-5-7-15(8-6-14)26-10-9-16(24-26)18(28)25(12-19(21,22)23)11-13-3-1-2-4-17(13)27(29)30/h1-10H,11-12H2. The van der Waals surface area contributed by atoms with E-state index in [1.54, 1.807) is 0 Å². The van der Waals surface area contributed by atoms with E-state index in [4.69, 9.17) is 0 Å². The molecule has 7 nitrogen and oxygen atoms in total. The molecule has 1 aromatic heterocycles. The van der Waals surface area contributed by atoms with Crippen molar-refractivity contribution in [3.63, 3.8) is 0 Å². The molecule has 0 unspecified atom stereocenters. The van der Waals surface area contributed by atoms with Crippen molar-refractivity contribution in [2.75, 3.05) is 6.54 Å². The number of nitro benzene ring substituents is 1. The fraction of sp³-hybridized carbons (Fsp3) is 0.158. The molecular weight excluding hydrogens is 408 g/mol. The largest absolute Gasteiger partial charge is 0.406 e. The number of nitrogens with zero attached hydrogens (tertiary/aromatic N) is 4. The number of benzene rings is 2. The summed E-state index contributed by atoms with van der Waals surface area (Å²) in [6.07, 6.45) is -3.38. The summed E-state index contributed by atoms with van der Waals surface area (Å²) in [4.78, 5) is 23.6. The van der Waals surface area contributed by atoms with E-state index < -0.39 is 41.6 Å². The molecule has 3 aromatic rings. The first kappa shape index (κ1) is 21.0. The van der Waals surface area contributed by atoms with E-state index in [9.17, 15) is 32.5 Å². The predicted molar refractivity (Wildman–Crippen MR) is 97.4 cm³/mol. The minimum absolute atomic E-state index is 0.0435. The first-order valence-corrected chi connectivity index (χ1v) is 8.54. The predicted octanol–water partition coefficient (Wildman–Crippen LogP) is 4.12. The molecular formula is C19H14F4N4O3. The van der Waals surface area contributed by atoms with E-state index >= 15 is 0 Å².